The Labute approximate surface area is 173 Å². The monoisotopic (exact) mass is 415 g/mol. The second kappa shape index (κ2) is 8.90. The highest BCUT2D eigenvalue weighted by molar-refractivity contribution is 7.99. The van der Waals surface area contributed by atoms with Gasteiger partial charge in [-0.05, 0) is 37.0 Å². The SMILES string of the molecule is CCc1cc2cc3c(cc2nc1SCC(=O)NNC(=O)C1CCCCC1)OCO3. The highest BCUT2D eigenvalue weighted by atomic mass is 32.2. The number of ether oxygens (including phenoxy) is 2. The van der Waals surface area contributed by atoms with Crippen LogP contribution in [-0.4, -0.2) is 29.3 Å². The first-order chi connectivity index (χ1) is 14.1. The largest absolute Gasteiger partial charge is 0.454 e. The van der Waals surface area contributed by atoms with Crippen LogP contribution in [0.1, 0.15) is 44.6 Å². The summed E-state index contributed by atoms with van der Waals surface area (Å²) < 4.78 is 10.9. The Kier molecular flexibility index (Phi) is 6.08. The van der Waals surface area contributed by atoms with Gasteiger partial charge in [-0.25, -0.2) is 4.98 Å². The maximum Gasteiger partial charge on any atom is 0.248 e. The van der Waals surface area contributed by atoms with Gasteiger partial charge in [0.25, 0.3) is 0 Å². The first-order valence-electron chi connectivity index (χ1n) is 10.1. The normalized spacial score (nSPS) is 16.0. The average molecular weight is 416 g/mol. The van der Waals surface area contributed by atoms with Crippen molar-refractivity contribution < 1.29 is 19.1 Å². The van der Waals surface area contributed by atoms with Crippen molar-refractivity contribution >= 4 is 34.5 Å². The summed E-state index contributed by atoms with van der Waals surface area (Å²) >= 11 is 1.37. The number of benzene rings is 1. The molecule has 0 bridgehead atoms. The number of pyridine rings is 1. The Bertz CT molecular complexity index is 928. The molecule has 4 rings (SSSR count). The van der Waals surface area contributed by atoms with Crippen LogP contribution in [0.15, 0.2) is 23.2 Å². The summed E-state index contributed by atoms with van der Waals surface area (Å²) in [4.78, 5) is 29.1. The summed E-state index contributed by atoms with van der Waals surface area (Å²) in [5.41, 5.74) is 6.98. The molecule has 1 aliphatic heterocycles. The number of carbonyl (C=O) groups excluding carboxylic acids is 2. The first-order valence-corrected chi connectivity index (χ1v) is 11.1. The third-order valence-electron chi connectivity index (χ3n) is 5.37. The van der Waals surface area contributed by atoms with Crippen molar-refractivity contribution in [3.8, 4) is 11.5 Å². The van der Waals surface area contributed by atoms with Gasteiger partial charge in [-0.3, -0.25) is 20.4 Å². The number of nitrogens with zero attached hydrogens (tertiary/aromatic N) is 1. The molecule has 2 N–H and O–H groups in total. The minimum absolute atomic E-state index is 0.0125. The van der Waals surface area contributed by atoms with Crippen LogP contribution in [0, 0.1) is 5.92 Å². The lowest BCUT2D eigenvalue weighted by Gasteiger charge is -2.20. The van der Waals surface area contributed by atoms with E-state index in [4.69, 9.17) is 14.5 Å². The molecular weight excluding hydrogens is 390 g/mol. The molecule has 1 aromatic carbocycles. The molecule has 8 heteroatoms. The number of hydrazine groups is 1. The number of aromatic nitrogens is 1. The number of amides is 2. The zero-order valence-electron chi connectivity index (χ0n) is 16.5. The highest BCUT2D eigenvalue weighted by Gasteiger charge is 2.21. The highest BCUT2D eigenvalue weighted by Crippen LogP contribution is 2.37. The summed E-state index contributed by atoms with van der Waals surface area (Å²) in [7, 11) is 0. The van der Waals surface area contributed by atoms with E-state index in [1.807, 2.05) is 12.1 Å². The Balaban J connectivity index is 1.37. The van der Waals surface area contributed by atoms with E-state index in [0.29, 0.717) is 5.75 Å². The standard InChI is InChI=1S/C21H25N3O4S/c1-2-13-8-15-9-17-18(28-12-27-17)10-16(15)22-21(13)29-11-19(25)23-24-20(26)14-6-4-3-5-7-14/h8-10,14H,2-7,11-12H2,1H3,(H,23,25)(H,24,26). The van der Waals surface area contributed by atoms with Crippen LogP contribution in [0.5, 0.6) is 11.5 Å². The Morgan fingerprint density at radius 1 is 1.10 bits per heavy atom. The molecule has 2 amide bonds. The van der Waals surface area contributed by atoms with Gasteiger partial charge in [-0.2, -0.15) is 0 Å². The van der Waals surface area contributed by atoms with Crippen molar-refractivity contribution in [1.82, 2.24) is 15.8 Å². The van der Waals surface area contributed by atoms with E-state index in [1.54, 1.807) is 0 Å². The van der Waals surface area contributed by atoms with Crippen molar-refractivity contribution in [1.29, 1.82) is 0 Å². The fourth-order valence-corrected chi connectivity index (χ4v) is 4.63. The minimum Gasteiger partial charge on any atom is -0.454 e. The molecule has 1 saturated carbocycles. The van der Waals surface area contributed by atoms with E-state index < -0.39 is 0 Å². The van der Waals surface area contributed by atoms with E-state index in [-0.39, 0.29) is 30.3 Å². The maximum absolute atomic E-state index is 12.2. The van der Waals surface area contributed by atoms with E-state index in [9.17, 15) is 9.59 Å². The van der Waals surface area contributed by atoms with Gasteiger partial charge in [-0.15, -0.1) is 0 Å². The van der Waals surface area contributed by atoms with Gasteiger partial charge in [0.15, 0.2) is 11.5 Å². The molecule has 0 spiro atoms. The lowest BCUT2D eigenvalue weighted by atomic mass is 9.89. The van der Waals surface area contributed by atoms with Crippen LogP contribution in [0.3, 0.4) is 0 Å². The number of thioether (sulfide) groups is 1. The predicted octanol–water partition coefficient (Wildman–Crippen LogP) is 3.35. The molecule has 2 aliphatic rings. The minimum atomic E-state index is -0.242. The lowest BCUT2D eigenvalue weighted by molar-refractivity contribution is -0.131. The molecule has 29 heavy (non-hydrogen) atoms. The lowest BCUT2D eigenvalue weighted by Crippen LogP contribution is -2.45. The van der Waals surface area contributed by atoms with Crippen molar-refractivity contribution in [2.75, 3.05) is 12.5 Å². The third-order valence-corrected chi connectivity index (χ3v) is 6.40. The topological polar surface area (TPSA) is 89.6 Å². The zero-order valence-corrected chi connectivity index (χ0v) is 17.3. The fourth-order valence-electron chi connectivity index (χ4n) is 3.74. The van der Waals surface area contributed by atoms with Crippen molar-refractivity contribution in [2.24, 2.45) is 5.92 Å². The third kappa shape index (κ3) is 4.58. The molecule has 0 saturated heterocycles. The van der Waals surface area contributed by atoms with E-state index in [2.05, 4.69) is 23.8 Å². The summed E-state index contributed by atoms with van der Waals surface area (Å²) in [5, 5.41) is 1.80. The van der Waals surface area contributed by atoms with Crippen molar-refractivity contribution in [3.05, 3.63) is 23.8 Å². The van der Waals surface area contributed by atoms with Gasteiger partial charge < -0.3 is 9.47 Å². The number of fused-ring (bicyclic) bond motifs is 2. The zero-order chi connectivity index (χ0) is 20.2. The van der Waals surface area contributed by atoms with Gasteiger partial charge in [0.1, 0.15) is 5.03 Å². The molecular formula is C21H25N3O4S. The molecule has 2 aromatic rings. The van der Waals surface area contributed by atoms with Crippen LogP contribution in [0.2, 0.25) is 0 Å². The second-order valence-electron chi connectivity index (χ2n) is 7.37. The van der Waals surface area contributed by atoms with Crippen LogP contribution < -0.4 is 20.3 Å². The quantitative estimate of drug-likeness (QED) is 0.575. The van der Waals surface area contributed by atoms with Crippen LogP contribution in [0.25, 0.3) is 10.9 Å². The Hall–Kier alpha value is -2.48. The first kappa shape index (κ1) is 19.8. The molecule has 0 radical (unpaired) electrons. The molecule has 1 aliphatic carbocycles. The van der Waals surface area contributed by atoms with Crippen LogP contribution in [0.4, 0.5) is 0 Å². The number of aryl methyl sites for hydroxylation is 1. The van der Waals surface area contributed by atoms with Crippen molar-refractivity contribution in [2.45, 2.75) is 50.5 Å². The van der Waals surface area contributed by atoms with E-state index in [1.165, 1.54) is 18.2 Å². The van der Waals surface area contributed by atoms with Gasteiger partial charge in [0.05, 0.1) is 11.3 Å². The second-order valence-corrected chi connectivity index (χ2v) is 8.33. The molecule has 154 valence electrons. The predicted molar refractivity (Wildman–Crippen MR) is 111 cm³/mol. The smallest absolute Gasteiger partial charge is 0.248 e. The average Bonchev–Trinajstić information content (AvgIpc) is 3.21. The summed E-state index contributed by atoms with van der Waals surface area (Å²) in [6, 6.07) is 5.88. The Morgan fingerprint density at radius 2 is 1.86 bits per heavy atom. The molecule has 1 fully saturated rings. The number of nitrogens with one attached hydrogen (secondary N) is 2. The van der Waals surface area contributed by atoms with Gasteiger partial charge in [0, 0.05) is 17.4 Å². The molecule has 1 aromatic heterocycles. The summed E-state index contributed by atoms with van der Waals surface area (Å²) in [6.07, 6.45) is 5.95. The van der Waals surface area contributed by atoms with Crippen molar-refractivity contribution in [3.63, 3.8) is 0 Å². The Morgan fingerprint density at radius 3 is 2.62 bits per heavy atom. The van der Waals surface area contributed by atoms with E-state index in [0.717, 1.165) is 59.3 Å². The van der Waals surface area contributed by atoms with Crippen LogP contribution in [-0.2, 0) is 16.0 Å². The number of hydrogen-bond donors (Lipinski definition) is 2. The molecule has 7 nitrogen and oxygen atoms in total. The van der Waals surface area contributed by atoms with Gasteiger partial charge in [0.2, 0.25) is 18.6 Å². The van der Waals surface area contributed by atoms with Crippen LogP contribution >= 0.6 is 11.8 Å². The molecule has 0 atom stereocenters. The number of carbonyl (C=O) groups is 2. The molecule has 0 unspecified atom stereocenters. The number of hydrogen-bond acceptors (Lipinski definition) is 6. The number of rotatable bonds is 5. The molecule has 2 heterocycles. The fraction of sp³-hybridized carbons (Fsp3) is 0.476. The summed E-state index contributed by atoms with van der Waals surface area (Å²) in [6.45, 7) is 2.28. The maximum atomic E-state index is 12.2. The van der Waals surface area contributed by atoms with Gasteiger partial charge in [-0.1, -0.05) is 37.9 Å². The summed E-state index contributed by atoms with van der Waals surface area (Å²) in [5.74, 6) is 1.29. The van der Waals surface area contributed by atoms with Gasteiger partial charge >= 0.3 is 0 Å². The van der Waals surface area contributed by atoms with E-state index >= 15 is 0 Å².